The summed E-state index contributed by atoms with van der Waals surface area (Å²) >= 11 is 0. The van der Waals surface area contributed by atoms with Gasteiger partial charge in [-0.1, -0.05) is 0 Å². The number of hydrogen-bond donors (Lipinski definition) is 0. The zero-order valence-electron chi connectivity index (χ0n) is 8.38. The largest absolute Gasteiger partial charge is 0.744 e. The van der Waals surface area contributed by atoms with Crippen molar-refractivity contribution < 1.29 is 13.0 Å². The predicted molar refractivity (Wildman–Crippen MR) is 56.0 cm³/mol. The van der Waals surface area contributed by atoms with Crippen molar-refractivity contribution in [1.82, 2.24) is 9.55 Å². The molecular formula is C10H9N2O3S-. The summed E-state index contributed by atoms with van der Waals surface area (Å²) < 4.78 is 34.7. The summed E-state index contributed by atoms with van der Waals surface area (Å²) in [5, 5.41) is 0. The van der Waals surface area contributed by atoms with Crippen LogP contribution in [0.15, 0.2) is 23.1 Å². The molecule has 16 heavy (non-hydrogen) atoms. The van der Waals surface area contributed by atoms with Crippen LogP contribution in [0.4, 0.5) is 0 Å². The molecule has 6 heteroatoms. The van der Waals surface area contributed by atoms with Crippen molar-refractivity contribution in [3.63, 3.8) is 0 Å². The summed E-state index contributed by atoms with van der Waals surface area (Å²) in [4.78, 5) is 4.12. The van der Waals surface area contributed by atoms with E-state index in [2.05, 4.69) is 9.55 Å². The van der Waals surface area contributed by atoms with Crippen LogP contribution < -0.4 is 0 Å². The SMILES string of the molecule is O=S(=O)([O-])c1ccc2c(c1)nc1n2CCC1. The zero-order chi connectivity index (χ0) is 11.3. The van der Waals surface area contributed by atoms with Crippen LogP contribution in [-0.4, -0.2) is 22.5 Å². The smallest absolute Gasteiger partial charge is 0.124 e. The highest BCUT2D eigenvalue weighted by atomic mass is 32.2. The third kappa shape index (κ3) is 1.34. The summed E-state index contributed by atoms with van der Waals surface area (Å²) in [6, 6.07) is 4.35. The molecule has 1 aliphatic heterocycles. The van der Waals surface area contributed by atoms with Gasteiger partial charge in [-0.05, 0) is 24.6 Å². The van der Waals surface area contributed by atoms with Crippen LogP contribution in [0.3, 0.4) is 0 Å². The van der Waals surface area contributed by atoms with E-state index < -0.39 is 10.1 Å². The first-order valence-corrected chi connectivity index (χ1v) is 6.41. The lowest BCUT2D eigenvalue weighted by Gasteiger charge is -2.06. The number of nitrogens with zero attached hydrogens (tertiary/aromatic N) is 2. The number of rotatable bonds is 1. The van der Waals surface area contributed by atoms with E-state index in [1.54, 1.807) is 6.07 Å². The van der Waals surface area contributed by atoms with Crippen molar-refractivity contribution in [2.45, 2.75) is 24.3 Å². The summed E-state index contributed by atoms with van der Waals surface area (Å²) in [6.07, 6.45) is 1.98. The summed E-state index contributed by atoms with van der Waals surface area (Å²) in [6.45, 7) is 0.912. The molecule has 1 aliphatic rings. The minimum absolute atomic E-state index is 0.211. The van der Waals surface area contributed by atoms with Gasteiger partial charge >= 0.3 is 0 Å². The van der Waals surface area contributed by atoms with E-state index in [-0.39, 0.29) is 4.90 Å². The highest BCUT2D eigenvalue weighted by molar-refractivity contribution is 7.85. The van der Waals surface area contributed by atoms with Crippen molar-refractivity contribution in [1.29, 1.82) is 0 Å². The van der Waals surface area contributed by atoms with Gasteiger partial charge in [0.05, 0.1) is 15.9 Å². The van der Waals surface area contributed by atoms with Crippen LogP contribution in [0.1, 0.15) is 12.2 Å². The fraction of sp³-hybridized carbons (Fsp3) is 0.300. The Morgan fingerprint density at radius 1 is 1.38 bits per heavy atom. The van der Waals surface area contributed by atoms with Crippen molar-refractivity contribution >= 4 is 21.2 Å². The number of benzene rings is 1. The second kappa shape index (κ2) is 3.05. The molecule has 0 unspecified atom stereocenters. The minimum atomic E-state index is -4.39. The molecule has 1 aromatic carbocycles. The normalized spacial score (nSPS) is 15.6. The van der Waals surface area contributed by atoms with Crippen molar-refractivity contribution in [3.8, 4) is 0 Å². The van der Waals surface area contributed by atoms with Gasteiger partial charge in [0, 0.05) is 13.0 Å². The van der Waals surface area contributed by atoms with Crippen molar-refractivity contribution in [3.05, 3.63) is 24.0 Å². The molecule has 0 fully saturated rings. The lowest BCUT2D eigenvalue weighted by atomic mass is 10.3. The molecule has 2 heterocycles. The average Bonchev–Trinajstić information content (AvgIpc) is 2.74. The fourth-order valence-electron chi connectivity index (χ4n) is 2.15. The third-order valence-corrected chi connectivity index (χ3v) is 3.70. The highest BCUT2D eigenvalue weighted by Crippen LogP contribution is 2.24. The Morgan fingerprint density at radius 3 is 2.94 bits per heavy atom. The van der Waals surface area contributed by atoms with Gasteiger partial charge in [0.1, 0.15) is 15.9 Å². The van der Waals surface area contributed by atoms with Gasteiger partial charge in [0.15, 0.2) is 0 Å². The Morgan fingerprint density at radius 2 is 2.19 bits per heavy atom. The molecule has 0 atom stereocenters. The standard InChI is InChI=1S/C10H10N2O3S/c13-16(14,15)7-3-4-9-8(6-7)11-10-2-1-5-12(9)10/h3-4,6H,1-2,5H2,(H,13,14,15)/p-1. The molecule has 0 bridgehead atoms. The molecule has 3 rings (SSSR count). The Kier molecular flexibility index (Phi) is 1.87. The van der Waals surface area contributed by atoms with E-state index in [0.29, 0.717) is 5.52 Å². The van der Waals surface area contributed by atoms with Crippen molar-refractivity contribution in [2.24, 2.45) is 0 Å². The van der Waals surface area contributed by atoms with Crippen LogP contribution in [-0.2, 0) is 23.1 Å². The highest BCUT2D eigenvalue weighted by Gasteiger charge is 2.16. The van der Waals surface area contributed by atoms with E-state index in [1.807, 2.05) is 0 Å². The number of aromatic nitrogens is 2. The monoisotopic (exact) mass is 237 g/mol. The predicted octanol–water partition coefficient (Wildman–Crippen LogP) is 0.887. The minimum Gasteiger partial charge on any atom is -0.744 e. The van der Waals surface area contributed by atoms with E-state index in [1.165, 1.54) is 12.1 Å². The molecular weight excluding hydrogens is 228 g/mol. The van der Waals surface area contributed by atoms with Crippen LogP contribution in [0.2, 0.25) is 0 Å². The lowest BCUT2D eigenvalue weighted by Crippen LogP contribution is -1.98. The molecule has 2 aromatic rings. The van der Waals surface area contributed by atoms with Crippen LogP contribution in [0, 0.1) is 0 Å². The Labute approximate surface area is 92.5 Å². The molecule has 5 nitrogen and oxygen atoms in total. The number of hydrogen-bond acceptors (Lipinski definition) is 4. The maximum Gasteiger partial charge on any atom is 0.124 e. The van der Waals surface area contributed by atoms with Gasteiger partial charge in [0.2, 0.25) is 0 Å². The summed E-state index contributed by atoms with van der Waals surface area (Å²) in [7, 11) is -4.39. The van der Waals surface area contributed by atoms with Gasteiger partial charge < -0.3 is 9.12 Å². The number of imidazole rings is 1. The fourth-order valence-corrected chi connectivity index (χ4v) is 2.64. The lowest BCUT2D eigenvalue weighted by molar-refractivity contribution is 0.463. The first-order chi connectivity index (χ1) is 7.55. The maximum absolute atomic E-state index is 10.9. The van der Waals surface area contributed by atoms with E-state index in [4.69, 9.17) is 0 Å². The zero-order valence-corrected chi connectivity index (χ0v) is 9.20. The van der Waals surface area contributed by atoms with Gasteiger partial charge in [0.25, 0.3) is 0 Å². The first kappa shape index (κ1) is 9.80. The van der Waals surface area contributed by atoms with Crippen LogP contribution in [0.5, 0.6) is 0 Å². The van der Waals surface area contributed by atoms with Gasteiger partial charge in [-0.15, -0.1) is 0 Å². The molecule has 0 spiro atoms. The van der Waals surface area contributed by atoms with Gasteiger partial charge in [-0.3, -0.25) is 0 Å². The van der Waals surface area contributed by atoms with Crippen molar-refractivity contribution in [2.75, 3.05) is 0 Å². The first-order valence-electron chi connectivity index (χ1n) is 5.01. The summed E-state index contributed by atoms with van der Waals surface area (Å²) in [5.74, 6) is 0.968. The molecule has 0 aliphatic carbocycles. The number of fused-ring (bicyclic) bond motifs is 3. The van der Waals surface area contributed by atoms with Crippen LogP contribution in [0.25, 0.3) is 11.0 Å². The Balaban J connectivity index is 2.28. The number of aryl methyl sites for hydroxylation is 2. The van der Waals surface area contributed by atoms with E-state index in [0.717, 1.165) is 30.7 Å². The molecule has 1 aromatic heterocycles. The topological polar surface area (TPSA) is 75.0 Å². The van der Waals surface area contributed by atoms with Gasteiger partial charge in [-0.2, -0.15) is 0 Å². The molecule has 0 N–H and O–H groups in total. The summed E-state index contributed by atoms with van der Waals surface area (Å²) in [5.41, 5.74) is 1.49. The molecule has 84 valence electrons. The van der Waals surface area contributed by atoms with Gasteiger partial charge in [-0.25, -0.2) is 13.4 Å². The van der Waals surface area contributed by atoms with E-state index in [9.17, 15) is 13.0 Å². The molecule has 0 amide bonds. The molecule has 0 radical (unpaired) electrons. The molecule has 0 saturated heterocycles. The Hall–Kier alpha value is -1.40. The maximum atomic E-state index is 10.9. The third-order valence-electron chi connectivity index (χ3n) is 2.87. The second-order valence-corrected chi connectivity index (χ2v) is 5.27. The second-order valence-electron chi connectivity index (χ2n) is 3.89. The molecule has 0 saturated carbocycles. The quantitative estimate of drug-likeness (QED) is 0.690. The van der Waals surface area contributed by atoms with E-state index >= 15 is 0 Å². The Bertz CT molecular complexity index is 673. The van der Waals surface area contributed by atoms with Crippen LogP contribution >= 0.6 is 0 Å². The average molecular weight is 237 g/mol.